The molecule has 1 atom stereocenters. The van der Waals surface area contributed by atoms with Crippen molar-refractivity contribution in [1.82, 2.24) is 0 Å². The van der Waals surface area contributed by atoms with Crippen LogP contribution in [0.3, 0.4) is 0 Å². The lowest BCUT2D eigenvalue weighted by molar-refractivity contribution is -0.516. The minimum atomic E-state index is -3.92. The minimum absolute atomic E-state index is 0.604. The van der Waals surface area contributed by atoms with E-state index in [0.717, 1.165) is 5.92 Å². The first-order valence-corrected chi connectivity index (χ1v) is 11.1. The fourth-order valence-electron chi connectivity index (χ4n) is 2.87. The van der Waals surface area contributed by atoms with E-state index in [1.807, 2.05) is 0 Å². The lowest BCUT2D eigenvalue weighted by Gasteiger charge is -2.01. The zero-order valence-electron chi connectivity index (χ0n) is 15.4. The van der Waals surface area contributed by atoms with E-state index in [-0.39, 0.29) is 0 Å². The molecule has 0 aliphatic carbocycles. The molecule has 1 heterocycles. The molecule has 0 aromatic rings. The Morgan fingerprint density at radius 1 is 1.00 bits per heavy atom. The molecule has 1 unspecified atom stereocenters. The van der Waals surface area contributed by atoms with Gasteiger partial charge in [-0.25, -0.2) is 13.0 Å². The molecule has 0 radical (unpaired) electrons. The van der Waals surface area contributed by atoms with E-state index >= 15 is 0 Å². The van der Waals surface area contributed by atoms with Crippen LogP contribution in [-0.2, 0) is 10.1 Å². The summed E-state index contributed by atoms with van der Waals surface area (Å²) in [6.07, 6.45) is 18.8. The number of hydrogen-bond acceptors (Lipinski definition) is 3. The first kappa shape index (κ1) is 22.6. The third kappa shape index (κ3) is 19.5. The van der Waals surface area contributed by atoms with Crippen molar-refractivity contribution in [3.8, 4) is 0 Å². The quantitative estimate of drug-likeness (QED) is 0.320. The van der Waals surface area contributed by atoms with Gasteiger partial charge in [-0.2, -0.15) is 0 Å². The average molecular weight is 348 g/mol. The fourth-order valence-corrected chi connectivity index (χ4v) is 2.87. The number of rotatable bonds is 11. The van der Waals surface area contributed by atoms with Crippen LogP contribution in [0.1, 0.15) is 84.5 Å². The summed E-state index contributed by atoms with van der Waals surface area (Å²) in [5.74, 6) is 0.827. The van der Waals surface area contributed by atoms with Gasteiger partial charge in [0.2, 0.25) is 0 Å². The number of nitrogens with zero attached hydrogens (tertiary/aromatic N) is 1. The highest BCUT2D eigenvalue weighted by Gasteiger charge is 2.16. The summed E-state index contributed by atoms with van der Waals surface area (Å²) in [4.78, 5) is 0. The fraction of sp³-hybridized carbons (Fsp3) is 0.944. The summed E-state index contributed by atoms with van der Waals surface area (Å²) in [5, 5.41) is 0. The predicted octanol–water partition coefficient (Wildman–Crippen LogP) is 4.19. The van der Waals surface area contributed by atoms with Gasteiger partial charge in [-0.1, -0.05) is 65.2 Å². The lowest BCUT2D eigenvalue weighted by Crippen LogP contribution is -2.10. The third-order valence-electron chi connectivity index (χ3n) is 4.14. The van der Waals surface area contributed by atoms with Crippen molar-refractivity contribution in [2.45, 2.75) is 84.5 Å². The Balaban J connectivity index is 0.000000841. The smallest absolute Gasteiger partial charge is 0.143 e. The van der Waals surface area contributed by atoms with Gasteiger partial charge < -0.3 is 4.55 Å². The van der Waals surface area contributed by atoms with Crippen LogP contribution in [0, 0.1) is 5.92 Å². The Kier molecular flexibility index (Phi) is 13.7. The maximum absolute atomic E-state index is 9.08. The van der Waals surface area contributed by atoms with Crippen molar-refractivity contribution in [2.24, 2.45) is 5.92 Å². The van der Waals surface area contributed by atoms with Gasteiger partial charge in [0, 0.05) is 25.0 Å². The first-order valence-electron chi connectivity index (χ1n) is 9.32. The molecule has 1 rings (SSSR count). The lowest BCUT2D eigenvalue weighted by atomic mass is 10.1. The van der Waals surface area contributed by atoms with Crippen LogP contribution in [0.2, 0.25) is 0 Å². The molecular weight excluding hydrogens is 310 g/mol. The van der Waals surface area contributed by atoms with Gasteiger partial charge in [0.1, 0.15) is 19.3 Å². The Morgan fingerprint density at radius 2 is 1.43 bits per heavy atom. The molecule has 0 saturated heterocycles. The third-order valence-corrected chi connectivity index (χ3v) is 4.14. The molecule has 1 aliphatic heterocycles. The Morgan fingerprint density at radius 3 is 1.83 bits per heavy atom. The van der Waals surface area contributed by atoms with Crippen molar-refractivity contribution in [3.05, 3.63) is 0 Å². The second-order valence-electron chi connectivity index (χ2n) is 6.84. The van der Waals surface area contributed by atoms with Crippen molar-refractivity contribution in [3.63, 3.8) is 0 Å². The van der Waals surface area contributed by atoms with Crippen LogP contribution < -0.4 is 0 Å². The molecule has 5 heteroatoms. The summed E-state index contributed by atoms with van der Waals surface area (Å²) >= 11 is 0. The van der Waals surface area contributed by atoms with Crippen LogP contribution in [0.15, 0.2) is 0 Å². The Labute approximate surface area is 144 Å². The molecule has 0 saturated carbocycles. The largest absolute Gasteiger partial charge is 0.748 e. The Hall–Kier alpha value is -0.420. The SMILES string of the molecule is CCCCCCCCCCCC[N+]1=CC(C)CC1.CS(=O)(=O)[O-]. The molecule has 1 aliphatic rings. The number of hydrogen-bond donors (Lipinski definition) is 0. The molecule has 138 valence electrons. The van der Waals surface area contributed by atoms with Crippen LogP contribution in [0.5, 0.6) is 0 Å². The monoisotopic (exact) mass is 347 g/mol. The van der Waals surface area contributed by atoms with E-state index in [2.05, 4.69) is 24.6 Å². The first-order chi connectivity index (χ1) is 10.8. The molecule has 0 spiro atoms. The van der Waals surface area contributed by atoms with Crippen LogP contribution in [0.4, 0.5) is 0 Å². The molecule has 23 heavy (non-hydrogen) atoms. The summed E-state index contributed by atoms with van der Waals surface area (Å²) in [7, 11) is -3.92. The topological polar surface area (TPSA) is 60.2 Å². The second kappa shape index (κ2) is 14.0. The van der Waals surface area contributed by atoms with Gasteiger partial charge in [0.25, 0.3) is 0 Å². The molecular formula is C18H37NO3S. The highest BCUT2D eigenvalue weighted by molar-refractivity contribution is 7.84. The molecule has 0 amide bonds. The van der Waals surface area contributed by atoms with Gasteiger partial charge in [0.05, 0.1) is 10.1 Å². The van der Waals surface area contributed by atoms with Gasteiger partial charge in [-0.3, -0.25) is 0 Å². The van der Waals surface area contributed by atoms with E-state index in [0.29, 0.717) is 6.26 Å². The molecule has 0 bridgehead atoms. The standard InChI is InChI=1S/C17H34N.CH4O3S/c1-3-4-5-6-7-8-9-10-11-12-14-18-15-13-17(2)16-18;1-5(2,3)4/h16-17H,3-15H2,1-2H3;1H3,(H,2,3,4)/q+1;/p-1. The van der Waals surface area contributed by atoms with E-state index in [9.17, 15) is 0 Å². The highest BCUT2D eigenvalue weighted by Crippen LogP contribution is 2.11. The van der Waals surface area contributed by atoms with Crippen LogP contribution in [0.25, 0.3) is 0 Å². The van der Waals surface area contributed by atoms with Crippen molar-refractivity contribution < 1.29 is 17.5 Å². The van der Waals surface area contributed by atoms with E-state index < -0.39 is 10.1 Å². The average Bonchev–Trinajstić information content (AvgIpc) is 2.85. The summed E-state index contributed by atoms with van der Waals surface area (Å²) in [6.45, 7) is 7.23. The van der Waals surface area contributed by atoms with Crippen molar-refractivity contribution in [2.75, 3.05) is 19.3 Å². The molecule has 0 fully saturated rings. The van der Waals surface area contributed by atoms with Crippen molar-refractivity contribution in [1.29, 1.82) is 0 Å². The zero-order valence-corrected chi connectivity index (χ0v) is 16.2. The number of unbranched alkanes of at least 4 members (excludes halogenated alkanes) is 9. The maximum Gasteiger partial charge on any atom is 0.143 e. The molecule has 0 N–H and O–H groups in total. The second-order valence-corrected chi connectivity index (χ2v) is 8.25. The van der Waals surface area contributed by atoms with E-state index in [4.69, 9.17) is 13.0 Å². The Bertz CT molecular complexity index is 396. The summed E-state index contributed by atoms with van der Waals surface area (Å²) in [5.41, 5.74) is 0. The van der Waals surface area contributed by atoms with Crippen LogP contribution >= 0.6 is 0 Å². The van der Waals surface area contributed by atoms with Gasteiger partial charge in [0.15, 0.2) is 0 Å². The van der Waals surface area contributed by atoms with E-state index in [1.165, 1.54) is 83.7 Å². The molecule has 4 nitrogen and oxygen atoms in total. The van der Waals surface area contributed by atoms with Crippen LogP contribution in [-0.4, -0.2) is 43.1 Å². The molecule has 0 aromatic heterocycles. The molecule has 0 aromatic carbocycles. The predicted molar refractivity (Wildman–Crippen MR) is 97.3 cm³/mol. The normalized spacial score (nSPS) is 17.6. The van der Waals surface area contributed by atoms with Gasteiger partial charge in [-0.05, 0) is 6.42 Å². The van der Waals surface area contributed by atoms with E-state index in [1.54, 1.807) is 0 Å². The van der Waals surface area contributed by atoms with Gasteiger partial charge >= 0.3 is 0 Å². The zero-order chi connectivity index (χ0) is 17.6. The summed E-state index contributed by atoms with van der Waals surface area (Å²) < 4.78 is 29.8. The minimum Gasteiger partial charge on any atom is -0.748 e. The maximum atomic E-state index is 9.08. The van der Waals surface area contributed by atoms with Gasteiger partial charge in [-0.15, -0.1) is 0 Å². The summed E-state index contributed by atoms with van der Waals surface area (Å²) in [6, 6.07) is 0. The van der Waals surface area contributed by atoms with Crippen molar-refractivity contribution >= 4 is 16.3 Å². The highest BCUT2D eigenvalue weighted by atomic mass is 32.2.